The van der Waals surface area contributed by atoms with Gasteiger partial charge in [-0.15, -0.1) is 11.3 Å². The molecule has 2 aromatic rings. The van der Waals surface area contributed by atoms with Gasteiger partial charge in [-0.1, -0.05) is 25.1 Å². The highest BCUT2D eigenvalue weighted by Gasteiger charge is 2.20. The Morgan fingerprint density at radius 2 is 2.20 bits per heavy atom. The van der Waals surface area contributed by atoms with Gasteiger partial charge in [0.1, 0.15) is 0 Å². The molecule has 3 rings (SSSR count). The van der Waals surface area contributed by atoms with Crippen LogP contribution in [0.15, 0.2) is 18.2 Å². The van der Waals surface area contributed by atoms with E-state index in [9.17, 15) is 0 Å². The summed E-state index contributed by atoms with van der Waals surface area (Å²) < 4.78 is 1.52. The van der Waals surface area contributed by atoms with Crippen LogP contribution in [0, 0.1) is 12.8 Å². The topological polar surface area (TPSA) is 0 Å². The van der Waals surface area contributed by atoms with Crippen LogP contribution in [-0.2, 0) is 12.8 Å². The number of hydrogen-bond donors (Lipinski definition) is 0. The summed E-state index contributed by atoms with van der Waals surface area (Å²) >= 11 is 2.03. The lowest BCUT2D eigenvalue weighted by molar-refractivity contribution is 0.508. The Kier molecular flexibility index (Phi) is 2.10. The molecule has 1 heteroatoms. The minimum Gasteiger partial charge on any atom is -0.140 e. The van der Waals surface area contributed by atoms with Crippen molar-refractivity contribution in [2.45, 2.75) is 33.1 Å². The van der Waals surface area contributed by atoms with Crippen LogP contribution in [0.4, 0.5) is 0 Å². The van der Waals surface area contributed by atoms with Crippen molar-refractivity contribution in [3.63, 3.8) is 0 Å². The molecule has 0 nitrogen and oxygen atoms in total. The molecule has 78 valence electrons. The maximum atomic E-state index is 2.38. The van der Waals surface area contributed by atoms with Gasteiger partial charge in [-0.25, -0.2) is 0 Å². The van der Waals surface area contributed by atoms with Crippen LogP contribution in [0.5, 0.6) is 0 Å². The largest absolute Gasteiger partial charge is 0.140 e. The average molecular weight is 216 g/mol. The van der Waals surface area contributed by atoms with E-state index in [1.54, 1.807) is 10.4 Å². The first kappa shape index (κ1) is 9.41. The molecule has 1 aromatic heterocycles. The highest BCUT2D eigenvalue weighted by Crippen LogP contribution is 2.39. The van der Waals surface area contributed by atoms with Gasteiger partial charge >= 0.3 is 0 Å². The molecule has 0 saturated heterocycles. The minimum atomic E-state index is 0.871. The molecule has 0 saturated carbocycles. The third-order valence-corrected chi connectivity index (χ3v) is 4.96. The summed E-state index contributed by atoms with van der Waals surface area (Å²) in [4.78, 5) is 1.65. The van der Waals surface area contributed by atoms with Crippen LogP contribution >= 0.6 is 11.3 Å². The monoisotopic (exact) mass is 216 g/mol. The first-order chi connectivity index (χ1) is 7.25. The van der Waals surface area contributed by atoms with Gasteiger partial charge in [-0.2, -0.15) is 0 Å². The summed E-state index contributed by atoms with van der Waals surface area (Å²) in [7, 11) is 0. The molecule has 1 aliphatic rings. The second kappa shape index (κ2) is 3.34. The third-order valence-electron chi connectivity index (χ3n) is 3.52. The molecular formula is C14H16S. The molecule has 0 bridgehead atoms. The summed E-state index contributed by atoms with van der Waals surface area (Å²) in [6, 6.07) is 6.73. The highest BCUT2D eigenvalue weighted by atomic mass is 32.1. The highest BCUT2D eigenvalue weighted by molar-refractivity contribution is 7.19. The number of thiophene rings is 1. The van der Waals surface area contributed by atoms with E-state index in [2.05, 4.69) is 32.0 Å². The van der Waals surface area contributed by atoms with E-state index in [0.29, 0.717) is 0 Å². The summed E-state index contributed by atoms with van der Waals surface area (Å²) in [5.74, 6) is 0.871. The van der Waals surface area contributed by atoms with E-state index >= 15 is 0 Å². The Morgan fingerprint density at radius 3 is 3.07 bits per heavy atom. The Hall–Kier alpha value is -0.820. The van der Waals surface area contributed by atoms with Crippen molar-refractivity contribution in [2.75, 3.05) is 0 Å². The molecule has 0 N–H and O–H groups in total. The van der Waals surface area contributed by atoms with Crippen molar-refractivity contribution in [3.05, 3.63) is 34.2 Å². The van der Waals surface area contributed by atoms with Crippen molar-refractivity contribution in [2.24, 2.45) is 5.92 Å². The molecule has 1 aromatic carbocycles. The second-order valence-corrected chi connectivity index (χ2v) is 5.91. The first-order valence-corrected chi connectivity index (χ1v) is 6.57. The fourth-order valence-electron chi connectivity index (χ4n) is 2.61. The molecule has 0 radical (unpaired) electrons. The van der Waals surface area contributed by atoms with Crippen LogP contribution in [0.1, 0.15) is 29.3 Å². The predicted octanol–water partition coefficient (Wildman–Crippen LogP) is 4.33. The van der Waals surface area contributed by atoms with Gasteiger partial charge in [-0.3, -0.25) is 0 Å². The zero-order valence-corrected chi connectivity index (χ0v) is 10.2. The van der Waals surface area contributed by atoms with E-state index in [0.717, 1.165) is 5.92 Å². The van der Waals surface area contributed by atoms with Crippen LogP contribution < -0.4 is 0 Å². The number of aryl methyl sites for hydroxylation is 2. The molecule has 1 unspecified atom stereocenters. The molecule has 1 heterocycles. The van der Waals surface area contributed by atoms with E-state index < -0.39 is 0 Å². The molecule has 1 atom stereocenters. The van der Waals surface area contributed by atoms with Gasteiger partial charge in [0.25, 0.3) is 0 Å². The zero-order valence-electron chi connectivity index (χ0n) is 9.34. The fourth-order valence-corrected chi connectivity index (χ4v) is 3.93. The molecular weight excluding hydrogens is 200 g/mol. The fraction of sp³-hybridized carbons (Fsp3) is 0.429. The van der Waals surface area contributed by atoms with Crippen LogP contribution in [0.3, 0.4) is 0 Å². The molecule has 0 amide bonds. The molecule has 0 spiro atoms. The van der Waals surface area contributed by atoms with Crippen molar-refractivity contribution in [1.82, 2.24) is 0 Å². The van der Waals surface area contributed by atoms with Gasteiger partial charge in [0.15, 0.2) is 0 Å². The van der Waals surface area contributed by atoms with Crippen molar-refractivity contribution < 1.29 is 0 Å². The number of rotatable bonds is 0. The Balaban J connectivity index is 2.29. The first-order valence-electron chi connectivity index (χ1n) is 5.75. The van der Waals surface area contributed by atoms with Crippen molar-refractivity contribution in [1.29, 1.82) is 0 Å². The average Bonchev–Trinajstić information content (AvgIpc) is 2.58. The van der Waals surface area contributed by atoms with Gasteiger partial charge in [-0.05, 0) is 48.6 Å². The lowest BCUT2D eigenvalue weighted by Gasteiger charge is -2.17. The quantitative estimate of drug-likeness (QED) is 0.614. The number of hydrogen-bond acceptors (Lipinski definition) is 1. The maximum Gasteiger partial charge on any atom is 0.0377 e. The Labute approximate surface area is 94.9 Å². The van der Waals surface area contributed by atoms with Gasteiger partial charge in [0.05, 0.1) is 0 Å². The van der Waals surface area contributed by atoms with Gasteiger partial charge in [0.2, 0.25) is 0 Å². The molecule has 0 aliphatic heterocycles. The lowest BCUT2D eigenvalue weighted by Crippen LogP contribution is -2.08. The summed E-state index contributed by atoms with van der Waals surface area (Å²) in [6.07, 6.45) is 3.97. The van der Waals surface area contributed by atoms with E-state index in [4.69, 9.17) is 0 Å². The summed E-state index contributed by atoms with van der Waals surface area (Å²) in [6.45, 7) is 4.61. The summed E-state index contributed by atoms with van der Waals surface area (Å²) in [5, 5.41) is 1.53. The van der Waals surface area contributed by atoms with E-state index in [-0.39, 0.29) is 0 Å². The SMILES string of the molecule is Cc1cccc2c3c(sc12)CCC(C)C3. The molecule has 15 heavy (non-hydrogen) atoms. The van der Waals surface area contributed by atoms with Gasteiger partial charge < -0.3 is 0 Å². The molecule has 0 fully saturated rings. The van der Waals surface area contributed by atoms with Crippen molar-refractivity contribution in [3.8, 4) is 0 Å². The zero-order chi connectivity index (χ0) is 10.4. The lowest BCUT2D eigenvalue weighted by atomic mass is 9.88. The van der Waals surface area contributed by atoms with Crippen LogP contribution in [0.25, 0.3) is 10.1 Å². The standard InChI is InChI=1S/C14H16S/c1-9-6-7-13-12(8-9)11-5-3-4-10(2)14(11)15-13/h3-5,9H,6-8H2,1-2H3. The van der Waals surface area contributed by atoms with Crippen molar-refractivity contribution >= 4 is 21.4 Å². The smallest absolute Gasteiger partial charge is 0.0377 e. The van der Waals surface area contributed by atoms with Crippen LogP contribution in [-0.4, -0.2) is 0 Å². The normalized spacial score (nSPS) is 20.5. The van der Waals surface area contributed by atoms with E-state index in [1.807, 2.05) is 11.3 Å². The Morgan fingerprint density at radius 1 is 1.33 bits per heavy atom. The van der Waals surface area contributed by atoms with E-state index in [1.165, 1.54) is 34.9 Å². The molecule has 1 aliphatic carbocycles. The van der Waals surface area contributed by atoms with Gasteiger partial charge in [0, 0.05) is 9.58 Å². The maximum absolute atomic E-state index is 2.38. The third kappa shape index (κ3) is 1.41. The number of fused-ring (bicyclic) bond motifs is 3. The summed E-state index contributed by atoms with van der Waals surface area (Å²) in [5.41, 5.74) is 3.09. The Bertz CT molecular complexity index is 507. The predicted molar refractivity (Wildman–Crippen MR) is 67.8 cm³/mol. The van der Waals surface area contributed by atoms with Crippen LogP contribution in [0.2, 0.25) is 0 Å². The minimum absolute atomic E-state index is 0.871. The number of benzene rings is 1. The second-order valence-electron chi connectivity index (χ2n) is 4.80.